The van der Waals surface area contributed by atoms with E-state index in [0.717, 1.165) is 15.6 Å². The number of benzene rings is 2. The van der Waals surface area contributed by atoms with Crippen molar-refractivity contribution in [1.29, 1.82) is 0 Å². The second kappa shape index (κ2) is 8.91. The summed E-state index contributed by atoms with van der Waals surface area (Å²) in [5.41, 5.74) is 2.39. The molecule has 0 radical (unpaired) electrons. The lowest BCUT2D eigenvalue weighted by Crippen LogP contribution is -2.26. The van der Waals surface area contributed by atoms with Gasteiger partial charge in [-0.25, -0.2) is 8.42 Å². The molecule has 0 aliphatic rings. The molecular formula is C18H22N2O5S. The van der Waals surface area contributed by atoms with Crippen molar-refractivity contribution in [3.63, 3.8) is 0 Å². The summed E-state index contributed by atoms with van der Waals surface area (Å²) in [4.78, 5) is 17.0. The van der Waals surface area contributed by atoms with Gasteiger partial charge in [-0.15, -0.1) is 0 Å². The van der Waals surface area contributed by atoms with Gasteiger partial charge in [-0.2, -0.15) is 0 Å². The van der Waals surface area contributed by atoms with E-state index in [1.165, 1.54) is 38.4 Å². The van der Waals surface area contributed by atoms with Crippen LogP contribution in [-0.2, 0) is 32.7 Å². The first-order chi connectivity index (χ1) is 12.4. The molecule has 0 spiro atoms. The number of hydrogen-bond donors (Lipinski definition) is 1. The summed E-state index contributed by atoms with van der Waals surface area (Å²) in [5, 5.41) is 2.80. The first-order valence-corrected chi connectivity index (χ1v) is 9.30. The Kier molecular flexibility index (Phi) is 6.87. The van der Waals surface area contributed by atoms with Crippen LogP contribution in [0.1, 0.15) is 21.5 Å². The van der Waals surface area contributed by atoms with Crippen LogP contribution in [0.5, 0.6) is 0 Å². The number of hydroxylamine groups is 1. The Hall–Kier alpha value is -2.26. The van der Waals surface area contributed by atoms with Gasteiger partial charge < -0.3 is 10.1 Å². The Bertz CT molecular complexity index is 833. The fraction of sp³-hybridized carbons (Fsp3) is 0.278. The van der Waals surface area contributed by atoms with E-state index in [4.69, 9.17) is 9.57 Å². The first-order valence-electron chi connectivity index (χ1n) is 7.86. The van der Waals surface area contributed by atoms with Crippen LogP contribution in [0.15, 0.2) is 53.4 Å². The van der Waals surface area contributed by atoms with Crippen LogP contribution in [0.4, 0.5) is 0 Å². The third kappa shape index (κ3) is 4.89. The molecule has 26 heavy (non-hydrogen) atoms. The monoisotopic (exact) mass is 378 g/mol. The predicted octanol–water partition coefficient (Wildman–Crippen LogP) is 1.94. The summed E-state index contributed by atoms with van der Waals surface area (Å²) in [5.74, 6) is -0.282. The molecule has 0 heterocycles. The normalized spacial score (nSPS) is 11.5. The van der Waals surface area contributed by atoms with Crippen LogP contribution in [0.2, 0.25) is 0 Å². The average molecular weight is 378 g/mol. The quantitative estimate of drug-likeness (QED) is 0.710. The SMILES string of the molecule is COCc1ccc(CNC(=O)c2ccc(S(=O)(=O)N(C)OC)cc2)cc1. The molecule has 2 aromatic rings. The minimum Gasteiger partial charge on any atom is -0.380 e. The average Bonchev–Trinajstić information content (AvgIpc) is 2.66. The van der Waals surface area contributed by atoms with E-state index in [2.05, 4.69) is 5.32 Å². The maximum Gasteiger partial charge on any atom is 0.264 e. The highest BCUT2D eigenvalue weighted by Crippen LogP contribution is 2.15. The first kappa shape index (κ1) is 20.1. The second-order valence-corrected chi connectivity index (χ2v) is 7.49. The molecule has 1 N–H and O–H groups in total. The highest BCUT2D eigenvalue weighted by atomic mass is 32.2. The van der Waals surface area contributed by atoms with Crippen molar-refractivity contribution < 1.29 is 22.8 Å². The van der Waals surface area contributed by atoms with Crippen LogP contribution >= 0.6 is 0 Å². The minimum absolute atomic E-state index is 0.0483. The van der Waals surface area contributed by atoms with Crippen molar-refractivity contribution in [2.75, 3.05) is 21.3 Å². The number of rotatable bonds is 8. The van der Waals surface area contributed by atoms with Gasteiger partial charge in [0.05, 0.1) is 18.6 Å². The number of nitrogens with one attached hydrogen (secondary N) is 1. The maximum absolute atomic E-state index is 12.2. The smallest absolute Gasteiger partial charge is 0.264 e. The summed E-state index contributed by atoms with van der Waals surface area (Å²) >= 11 is 0. The number of carbonyl (C=O) groups excluding carboxylic acids is 1. The Morgan fingerprint density at radius 3 is 2.12 bits per heavy atom. The molecule has 0 aromatic heterocycles. The highest BCUT2D eigenvalue weighted by molar-refractivity contribution is 7.89. The maximum atomic E-state index is 12.2. The zero-order valence-electron chi connectivity index (χ0n) is 14.9. The van der Waals surface area contributed by atoms with E-state index < -0.39 is 10.0 Å². The lowest BCUT2D eigenvalue weighted by atomic mass is 10.1. The van der Waals surface area contributed by atoms with Crippen LogP contribution < -0.4 is 5.32 Å². The van der Waals surface area contributed by atoms with Crippen LogP contribution in [0.25, 0.3) is 0 Å². The summed E-state index contributed by atoms with van der Waals surface area (Å²) in [6.07, 6.45) is 0. The van der Waals surface area contributed by atoms with E-state index in [-0.39, 0.29) is 10.8 Å². The van der Waals surface area contributed by atoms with Gasteiger partial charge in [0.15, 0.2) is 0 Å². The number of amides is 1. The molecule has 7 nitrogen and oxygen atoms in total. The Morgan fingerprint density at radius 2 is 1.58 bits per heavy atom. The molecule has 0 saturated carbocycles. The van der Waals surface area contributed by atoms with E-state index in [9.17, 15) is 13.2 Å². The molecular weight excluding hydrogens is 356 g/mol. The van der Waals surface area contributed by atoms with Gasteiger partial charge >= 0.3 is 0 Å². The van der Waals surface area contributed by atoms with Crippen molar-refractivity contribution in [3.05, 3.63) is 65.2 Å². The lowest BCUT2D eigenvalue weighted by Gasteiger charge is -2.14. The topological polar surface area (TPSA) is 84.9 Å². The molecule has 2 aromatic carbocycles. The largest absolute Gasteiger partial charge is 0.380 e. The number of hydrogen-bond acceptors (Lipinski definition) is 5. The third-order valence-electron chi connectivity index (χ3n) is 3.80. The highest BCUT2D eigenvalue weighted by Gasteiger charge is 2.20. The van der Waals surface area contributed by atoms with Crippen LogP contribution in [0.3, 0.4) is 0 Å². The molecule has 0 saturated heterocycles. The number of nitrogens with zero attached hydrogens (tertiary/aromatic N) is 1. The lowest BCUT2D eigenvalue weighted by molar-refractivity contribution is -0.0258. The van der Waals surface area contributed by atoms with E-state index in [0.29, 0.717) is 18.7 Å². The van der Waals surface area contributed by atoms with E-state index >= 15 is 0 Å². The summed E-state index contributed by atoms with van der Waals surface area (Å²) in [6, 6.07) is 13.4. The van der Waals surface area contributed by atoms with Crippen molar-refractivity contribution in [2.45, 2.75) is 18.0 Å². The minimum atomic E-state index is -3.73. The van der Waals surface area contributed by atoms with Crippen molar-refractivity contribution in [2.24, 2.45) is 0 Å². The van der Waals surface area contributed by atoms with Gasteiger partial charge in [0.1, 0.15) is 0 Å². The molecule has 0 fully saturated rings. The summed E-state index contributed by atoms with van der Waals surface area (Å²) in [6.45, 7) is 0.915. The molecule has 0 unspecified atom stereocenters. The molecule has 1 amide bonds. The molecule has 0 aliphatic heterocycles. The molecule has 0 aliphatic carbocycles. The number of carbonyl (C=O) groups is 1. The van der Waals surface area contributed by atoms with Crippen LogP contribution in [-0.4, -0.2) is 40.1 Å². The number of sulfonamides is 1. The molecule has 2 rings (SSSR count). The third-order valence-corrected chi connectivity index (χ3v) is 5.49. The fourth-order valence-electron chi connectivity index (χ4n) is 2.23. The van der Waals surface area contributed by atoms with Gasteiger partial charge in [0.25, 0.3) is 15.9 Å². The molecule has 140 valence electrons. The van der Waals surface area contributed by atoms with Crippen molar-refractivity contribution in [1.82, 2.24) is 9.79 Å². The standard InChI is InChI=1S/C18H22N2O5S/c1-20(25-3)26(22,23)17-10-8-16(9-11-17)18(21)19-12-14-4-6-15(7-5-14)13-24-2/h4-11H,12-13H2,1-3H3,(H,19,21). The van der Waals surface area contributed by atoms with E-state index in [1.54, 1.807) is 7.11 Å². The van der Waals surface area contributed by atoms with Crippen molar-refractivity contribution in [3.8, 4) is 0 Å². The van der Waals surface area contributed by atoms with Gasteiger partial charge in [-0.3, -0.25) is 9.63 Å². The van der Waals surface area contributed by atoms with Gasteiger partial charge in [-0.1, -0.05) is 28.7 Å². The Labute approximate surface area is 153 Å². The number of ether oxygens (including phenoxy) is 1. The van der Waals surface area contributed by atoms with Gasteiger partial charge in [0.2, 0.25) is 0 Å². The predicted molar refractivity (Wildman–Crippen MR) is 96.7 cm³/mol. The second-order valence-electron chi connectivity index (χ2n) is 5.55. The zero-order chi connectivity index (χ0) is 19.2. The fourth-order valence-corrected chi connectivity index (χ4v) is 3.20. The Balaban J connectivity index is 1.99. The van der Waals surface area contributed by atoms with Crippen LogP contribution in [0, 0.1) is 0 Å². The molecule has 0 atom stereocenters. The number of methoxy groups -OCH3 is 1. The summed E-state index contributed by atoms with van der Waals surface area (Å²) in [7, 11) is 0.475. The molecule has 8 heteroatoms. The zero-order valence-corrected chi connectivity index (χ0v) is 15.7. The summed E-state index contributed by atoms with van der Waals surface area (Å²) < 4.78 is 30.1. The molecule has 0 bridgehead atoms. The van der Waals surface area contributed by atoms with E-state index in [1.807, 2.05) is 24.3 Å². The van der Waals surface area contributed by atoms with Crippen molar-refractivity contribution >= 4 is 15.9 Å². The Morgan fingerprint density at radius 1 is 1.00 bits per heavy atom. The van der Waals surface area contributed by atoms with Gasteiger partial charge in [-0.05, 0) is 35.4 Å². The van der Waals surface area contributed by atoms with Gasteiger partial charge in [0, 0.05) is 26.3 Å².